The van der Waals surface area contributed by atoms with Gasteiger partial charge in [0.1, 0.15) is 0 Å². The predicted molar refractivity (Wildman–Crippen MR) is 75.9 cm³/mol. The van der Waals surface area contributed by atoms with Gasteiger partial charge in [-0.15, -0.1) is 0 Å². The van der Waals surface area contributed by atoms with E-state index in [9.17, 15) is 5.11 Å². The molecule has 3 rings (SSSR count). The van der Waals surface area contributed by atoms with Crippen molar-refractivity contribution in [3.63, 3.8) is 0 Å². The number of rotatable bonds is 3. The first-order valence-electron chi connectivity index (χ1n) is 7.40. The first-order valence-corrected chi connectivity index (χ1v) is 7.40. The van der Waals surface area contributed by atoms with Crippen molar-refractivity contribution in [2.24, 2.45) is 11.8 Å². The highest BCUT2D eigenvalue weighted by Gasteiger charge is 2.29. The van der Waals surface area contributed by atoms with Crippen LogP contribution in [-0.4, -0.2) is 14.7 Å². The summed E-state index contributed by atoms with van der Waals surface area (Å²) in [6, 6.07) is 6.00. The minimum Gasteiger partial charge on any atom is -0.388 e. The van der Waals surface area contributed by atoms with Crippen LogP contribution in [0.5, 0.6) is 0 Å². The second-order valence-electron chi connectivity index (χ2n) is 5.78. The number of hydrogen-bond donors (Lipinski definition) is 1. The molecule has 3 nitrogen and oxygen atoms in total. The Bertz CT molecular complexity index is 548. The number of fused-ring (bicyclic) bond motifs is 1. The molecule has 0 saturated heterocycles. The highest BCUT2D eigenvalue weighted by molar-refractivity contribution is 5.54. The molecule has 1 N–H and O–H groups in total. The summed E-state index contributed by atoms with van der Waals surface area (Å²) < 4.78 is 1.85. The molecule has 2 aromatic rings. The van der Waals surface area contributed by atoms with Gasteiger partial charge in [-0.25, -0.2) is 4.52 Å². The molecule has 0 aliphatic heterocycles. The Balaban J connectivity index is 1.85. The number of nitrogens with zero attached hydrogens (tertiary/aromatic N) is 2. The molecule has 0 amide bonds. The largest absolute Gasteiger partial charge is 0.388 e. The van der Waals surface area contributed by atoms with Gasteiger partial charge in [-0.2, -0.15) is 5.10 Å². The molecule has 3 unspecified atom stereocenters. The smallest absolute Gasteiger partial charge is 0.0855 e. The van der Waals surface area contributed by atoms with Gasteiger partial charge in [0.15, 0.2) is 0 Å². The van der Waals surface area contributed by atoms with Crippen LogP contribution in [0.15, 0.2) is 30.6 Å². The third-order valence-electron chi connectivity index (χ3n) is 4.62. The van der Waals surface area contributed by atoms with E-state index in [0.29, 0.717) is 5.92 Å². The van der Waals surface area contributed by atoms with Crippen LogP contribution < -0.4 is 0 Å². The summed E-state index contributed by atoms with van der Waals surface area (Å²) in [7, 11) is 0. The van der Waals surface area contributed by atoms with Crippen molar-refractivity contribution >= 4 is 5.52 Å². The lowest BCUT2D eigenvalue weighted by Gasteiger charge is -2.31. The molecule has 2 aromatic heterocycles. The van der Waals surface area contributed by atoms with Crippen LogP contribution in [0.1, 0.15) is 50.7 Å². The summed E-state index contributed by atoms with van der Waals surface area (Å²) in [5, 5.41) is 15.0. The van der Waals surface area contributed by atoms with Gasteiger partial charge in [-0.1, -0.05) is 32.3 Å². The average molecular weight is 258 g/mol. The van der Waals surface area contributed by atoms with E-state index >= 15 is 0 Å². The van der Waals surface area contributed by atoms with Gasteiger partial charge in [0.05, 0.1) is 17.8 Å². The highest BCUT2D eigenvalue weighted by Crippen LogP contribution is 2.39. The second-order valence-corrected chi connectivity index (χ2v) is 5.78. The summed E-state index contributed by atoms with van der Waals surface area (Å²) in [6.45, 7) is 2.26. The lowest BCUT2D eigenvalue weighted by Crippen LogP contribution is -2.21. The molecule has 0 bridgehead atoms. The van der Waals surface area contributed by atoms with E-state index in [0.717, 1.165) is 29.8 Å². The third-order valence-corrected chi connectivity index (χ3v) is 4.62. The summed E-state index contributed by atoms with van der Waals surface area (Å²) in [5.74, 6) is 1.18. The lowest BCUT2D eigenvalue weighted by atomic mass is 9.76. The van der Waals surface area contributed by atoms with Crippen molar-refractivity contribution in [3.8, 4) is 0 Å². The topological polar surface area (TPSA) is 37.5 Å². The van der Waals surface area contributed by atoms with Gasteiger partial charge in [-0.3, -0.25) is 0 Å². The standard InChI is InChI=1S/C16H22N2O/c1-2-12-6-5-7-13(10-12)16(19)14-11-17-18-9-4-3-8-15(14)18/h3-4,8-9,11-13,16,19H,2,5-7,10H2,1H3. The molecular weight excluding hydrogens is 236 g/mol. The molecule has 3 heteroatoms. The summed E-state index contributed by atoms with van der Waals surface area (Å²) >= 11 is 0. The fourth-order valence-corrected chi connectivity index (χ4v) is 3.43. The van der Waals surface area contributed by atoms with Crippen LogP contribution in [0.3, 0.4) is 0 Å². The SMILES string of the molecule is CCC1CCCC(C(O)c2cnn3ccccc23)C1. The predicted octanol–water partition coefficient (Wildman–Crippen LogP) is 3.58. The molecule has 102 valence electrons. The summed E-state index contributed by atoms with van der Waals surface area (Å²) in [4.78, 5) is 0. The van der Waals surface area contributed by atoms with Crippen LogP contribution in [0, 0.1) is 11.8 Å². The van der Waals surface area contributed by atoms with E-state index in [1.165, 1.54) is 19.3 Å². The van der Waals surface area contributed by atoms with Gasteiger partial charge in [0.2, 0.25) is 0 Å². The molecule has 0 aromatic carbocycles. The number of aliphatic hydroxyl groups excluding tert-OH is 1. The number of hydrogen-bond acceptors (Lipinski definition) is 2. The Morgan fingerprint density at radius 1 is 1.42 bits per heavy atom. The first kappa shape index (κ1) is 12.7. The van der Waals surface area contributed by atoms with Gasteiger partial charge in [-0.05, 0) is 36.8 Å². The lowest BCUT2D eigenvalue weighted by molar-refractivity contribution is 0.0688. The van der Waals surface area contributed by atoms with Gasteiger partial charge >= 0.3 is 0 Å². The third kappa shape index (κ3) is 2.39. The zero-order chi connectivity index (χ0) is 13.2. The van der Waals surface area contributed by atoms with Crippen LogP contribution in [0.2, 0.25) is 0 Å². The average Bonchev–Trinajstić information content (AvgIpc) is 2.90. The van der Waals surface area contributed by atoms with Crippen molar-refractivity contribution in [1.82, 2.24) is 9.61 Å². The van der Waals surface area contributed by atoms with Crippen LogP contribution >= 0.6 is 0 Å². The summed E-state index contributed by atoms with van der Waals surface area (Å²) in [5.41, 5.74) is 2.02. The summed E-state index contributed by atoms with van der Waals surface area (Å²) in [6.07, 6.45) is 9.50. The number of aromatic nitrogens is 2. The molecule has 0 radical (unpaired) electrons. The Kier molecular flexibility index (Phi) is 3.56. The van der Waals surface area contributed by atoms with Gasteiger partial charge in [0, 0.05) is 11.8 Å². The number of aliphatic hydroxyl groups is 1. The van der Waals surface area contributed by atoms with E-state index in [4.69, 9.17) is 0 Å². The minimum absolute atomic E-state index is 0.366. The molecule has 1 aliphatic rings. The highest BCUT2D eigenvalue weighted by atomic mass is 16.3. The van der Waals surface area contributed by atoms with E-state index in [1.807, 2.05) is 35.1 Å². The van der Waals surface area contributed by atoms with E-state index in [-0.39, 0.29) is 6.10 Å². The monoisotopic (exact) mass is 258 g/mol. The first-order chi connectivity index (χ1) is 9.29. The maximum Gasteiger partial charge on any atom is 0.0855 e. The normalized spacial score (nSPS) is 25.6. The second kappa shape index (κ2) is 5.33. The van der Waals surface area contributed by atoms with Gasteiger partial charge in [0.25, 0.3) is 0 Å². The maximum absolute atomic E-state index is 10.7. The van der Waals surface area contributed by atoms with Crippen LogP contribution in [-0.2, 0) is 0 Å². The van der Waals surface area contributed by atoms with Crippen LogP contribution in [0.25, 0.3) is 5.52 Å². The van der Waals surface area contributed by atoms with Crippen molar-refractivity contribution in [1.29, 1.82) is 0 Å². The van der Waals surface area contributed by atoms with Crippen molar-refractivity contribution in [2.45, 2.75) is 45.1 Å². The Hall–Kier alpha value is -1.35. The van der Waals surface area contributed by atoms with E-state index in [2.05, 4.69) is 12.0 Å². The Morgan fingerprint density at radius 3 is 3.16 bits per heavy atom. The van der Waals surface area contributed by atoms with Crippen molar-refractivity contribution < 1.29 is 5.11 Å². The molecule has 0 spiro atoms. The fraction of sp³-hybridized carbons (Fsp3) is 0.562. The molecular formula is C16H22N2O. The van der Waals surface area contributed by atoms with E-state index < -0.39 is 0 Å². The minimum atomic E-state index is -0.366. The molecule has 19 heavy (non-hydrogen) atoms. The van der Waals surface area contributed by atoms with E-state index in [1.54, 1.807) is 0 Å². The molecule has 1 aliphatic carbocycles. The van der Waals surface area contributed by atoms with Gasteiger partial charge < -0.3 is 5.11 Å². The molecule has 2 heterocycles. The fourth-order valence-electron chi connectivity index (χ4n) is 3.43. The van der Waals surface area contributed by atoms with Crippen LogP contribution in [0.4, 0.5) is 0 Å². The quantitative estimate of drug-likeness (QED) is 0.913. The Labute approximate surface area is 114 Å². The maximum atomic E-state index is 10.7. The Morgan fingerprint density at radius 2 is 2.32 bits per heavy atom. The number of pyridine rings is 1. The molecule has 1 fully saturated rings. The van der Waals surface area contributed by atoms with Crippen molar-refractivity contribution in [2.75, 3.05) is 0 Å². The molecule has 3 atom stereocenters. The zero-order valence-electron chi connectivity index (χ0n) is 11.5. The van der Waals surface area contributed by atoms with Crippen molar-refractivity contribution in [3.05, 3.63) is 36.2 Å². The zero-order valence-corrected chi connectivity index (χ0v) is 11.5. The molecule has 1 saturated carbocycles.